The number of rotatable bonds is 3. The molecule has 2 atom stereocenters. The maximum absolute atomic E-state index is 12.6. The summed E-state index contributed by atoms with van der Waals surface area (Å²) in [6.07, 6.45) is 3.69. The van der Waals surface area contributed by atoms with Crippen LogP contribution in [0.2, 0.25) is 0 Å². The molecule has 0 amide bonds. The Balaban J connectivity index is 2.03. The van der Waals surface area contributed by atoms with Crippen LogP contribution in [0.5, 0.6) is 0 Å². The number of aromatic nitrogens is 1. The minimum Gasteiger partial charge on any atom is -0.378 e. The van der Waals surface area contributed by atoms with Crippen molar-refractivity contribution < 1.29 is 9.53 Å². The zero-order valence-corrected chi connectivity index (χ0v) is 11.4. The third-order valence-electron chi connectivity index (χ3n) is 4.16. The largest absolute Gasteiger partial charge is 0.378 e. The maximum Gasteiger partial charge on any atom is 0.170 e. The van der Waals surface area contributed by atoms with Gasteiger partial charge in [-0.1, -0.05) is 25.1 Å². The van der Waals surface area contributed by atoms with Crippen LogP contribution in [0.1, 0.15) is 36.2 Å². The van der Waals surface area contributed by atoms with E-state index < -0.39 is 0 Å². The molecule has 100 valence electrons. The number of hydrogen-bond acceptors (Lipinski definition) is 2. The topological polar surface area (TPSA) is 42.1 Å². The lowest BCUT2D eigenvalue weighted by Crippen LogP contribution is -2.21. The van der Waals surface area contributed by atoms with Crippen molar-refractivity contribution in [2.24, 2.45) is 5.92 Å². The Morgan fingerprint density at radius 1 is 1.47 bits per heavy atom. The highest BCUT2D eigenvalue weighted by Crippen LogP contribution is 2.29. The van der Waals surface area contributed by atoms with Gasteiger partial charge in [-0.3, -0.25) is 4.79 Å². The molecule has 1 aromatic heterocycles. The van der Waals surface area contributed by atoms with Gasteiger partial charge in [-0.25, -0.2) is 0 Å². The molecule has 2 unspecified atom stereocenters. The van der Waals surface area contributed by atoms with Gasteiger partial charge in [-0.2, -0.15) is 0 Å². The predicted molar refractivity (Wildman–Crippen MR) is 75.5 cm³/mol. The number of aryl methyl sites for hydroxylation is 1. The second kappa shape index (κ2) is 4.82. The molecule has 1 aliphatic rings. The number of carbonyl (C=O) groups excluding carboxylic acids is 1. The maximum atomic E-state index is 12.6. The zero-order chi connectivity index (χ0) is 13.4. The highest BCUT2D eigenvalue weighted by molar-refractivity contribution is 6.09. The van der Waals surface area contributed by atoms with Crippen molar-refractivity contribution in [1.29, 1.82) is 0 Å². The van der Waals surface area contributed by atoms with E-state index in [9.17, 15) is 4.79 Å². The average Bonchev–Trinajstić information content (AvgIpc) is 3.03. The molecule has 1 fully saturated rings. The van der Waals surface area contributed by atoms with Gasteiger partial charge in [0.25, 0.3) is 0 Å². The van der Waals surface area contributed by atoms with Crippen molar-refractivity contribution in [1.82, 2.24) is 4.98 Å². The molecule has 19 heavy (non-hydrogen) atoms. The fourth-order valence-electron chi connectivity index (χ4n) is 2.99. The van der Waals surface area contributed by atoms with E-state index >= 15 is 0 Å². The van der Waals surface area contributed by atoms with E-state index in [4.69, 9.17) is 4.74 Å². The fourth-order valence-corrected chi connectivity index (χ4v) is 2.99. The molecule has 2 aromatic rings. The Morgan fingerprint density at radius 3 is 3.00 bits per heavy atom. The standard InChI is InChI=1S/C16H19NO2/c1-3-11-5-4-6-13-14(9-17-15(11)13)16(18)12-7-8-19-10(12)2/h4-6,9-10,12,17H,3,7-8H2,1-2H3. The highest BCUT2D eigenvalue weighted by atomic mass is 16.5. The predicted octanol–water partition coefficient (Wildman–Crippen LogP) is 3.34. The lowest BCUT2D eigenvalue weighted by Gasteiger charge is -2.12. The van der Waals surface area contributed by atoms with E-state index in [-0.39, 0.29) is 17.8 Å². The first-order chi connectivity index (χ1) is 9.22. The zero-order valence-electron chi connectivity index (χ0n) is 11.4. The van der Waals surface area contributed by atoms with Crippen LogP contribution in [0.3, 0.4) is 0 Å². The molecule has 0 bridgehead atoms. The van der Waals surface area contributed by atoms with Crippen molar-refractivity contribution in [3.63, 3.8) is 0 Å². The summed E-state index contributed by atoms with van der Waals surface area (Å²) in [6, 6.07) is 6.16. The van der Waals surface area contributed by atoms with E-state index in [1.54, 1.807) is 0 Å². The number of ketones is 1. The lowest BCUT2D eigenvalue weighted by atomic mass is 9.92. The SMILES string of the molecule is CCc1cccc2c(C(=O)C3CCOC3C)c[nH]c12. The Bertz CT molecular complexity index is 614. The van der Waals surface area contributed by atoms with Crippen LogP contribution in [0, 0.1) is 5.92 Å². The molecule has 0 spiro atoms. The van der Waals surface area contributed by atoms with E-state index in [0.29, 0.717) is 6.61 Å². The molecule has 0 radical (unpaired) electrons. The Morgan fingerprint density at radius 2 is 2.32 bits per heavy atom. The van der Waals surface area contributed by atoms with Gasteiger partial charge in [0.1, 0.15) is 0 Å². The van der Waals surface area contributed by atoms with Crippen LogP contribution in [0.15, 0.2) is 24.4 Å². The summed E-state index contributed by atoms with van der Waals surface area (Å²) in [5.74, 6) is 0.216. The van der Waals surface area contributed by atoms with Gasteiger partial charge in [0, 0.05) is 29.3 Å². The number of benzene rings is 1. The number of H-pyrrole nitrogens is 1. The van der Waals surface area contributed by atoms with Gasteiger partial charge in [-0.15, -0.1) is 0 Å². The van der Waals surface area contributed by atoms with Gasteiger partial charge >= 0.3 is 0 Å². The molecule has 3 rings (SSSR count). The summed E-state index contributed by atoms with van der Waals surface area (Å²) >= 11 is 0. The monoisotopic (exact) mass is 257 g/mol. The number of para-hydroxylation sites is 1. The molecule has 1 aromatic carbocycles. The Kier molecular flexibility index (Phi) is 3.15. The molecule has 1 saturated heterocycles. The molecule has 3 heteroatoms. The number of ether oxygens (including phenoxy) is 1. The Hall–Kier alpha value is -1.61. The van der Waals surface area contributed by atoms with Crippen molar-refractivity contribution in [3.8, 4) is 0 Å². The first-order valence-electron chi connectivity index (χ1n) is 6.97. The van der Waals surface area contributed by atoms with Gasteiger partial charge < -0.3 is 9.72 Å². The fraction of sp³-hybridized carbons (Fsp3) is 0.438. The average molecular weight is 257 g/mol. The number of fused-ring (bicyclic) bond motifs is 1. The van der Waals surface area contributed by atoms with Crippen LogP contribution in [0.25, 0.3) is 10.9 Å². The molecule has 1 N–H and O–H groups in total. The second-order valence-electron chi connectivity index (χ2n) is 5.23. The smallest absolute Gasteiger partial charge is 0.170 e. The van der Waals surface area contributed by atoms with E-state index in [1.807, 2.05) is 25.3 Å². The molecule has 2 heterocycles. The van der Waals surface area contributed by atoms with Crippen LogP contribution in [-0.4, -0.2) is 23.5 Å². The van der Waals surface area contributed by atoms with Crippen LogP contribution < -0.4 is 0 Å². The Labute approximate surface area is 113 Å². The molecular formula is C16H19NO2. The van der Waals surface area contributed by atoms with Gasteiger partial charge in [0.15, 0.2) is 5.78 Å². The molecule has 1 aliphatic heterocycles. The van der Waals surface area contributed by atoms with E-state index in [1.165, 1.54) is 5.56 Å². The molecule has 0 saturated carbocycles. The number of nitrogens with one attached hydrogen (secondary N) is 1. The first kappa shape index (κ1) is 12.4. The molecular weight excluding hydrogens is 238 g/mol. The van der Waals surface area contributed by atoms with Gasteiger partial charge in [0.05, 0.1) is 12.0 Å². The minimum absolute atomic E-state index is 0.00397. The first-order valence-corrected chi connectivity index (χ1v) is 6.97. The van der Waals surface area contributed by atoms with E-state index in [2.05, 4.69) is 18.0 Å². The number of aromatic amines is 1. The van der Waals surface area contributed by atoms with Crippen molar-refractivity contribution in [2.45, 2.75) is 32.8 Å². The lowest BCUT2D eigenvalue weighted by molar-refractivity contribution is 0.0766. The van der Waals surface area contributed by atoms with Crippen molar-refractivity contribution >= 4 is 16.7 Å². The highest BCUT2D eigenvalue weighted by Gasteiger charge is 2.32. The summed E-state index contributed by atoms with van der Waals surface area (Å²) in [6.45, 7) is 4.81. The van der Waals surface area contributed by atoms with Crippen molar-refractivity contribution in [2.75, 3.05) is 6.61 Å². The number of hydrogen-bond donors (Lipinski definition) is 1. The van der Waals surface area contributed by atoms with Crippen molar-refractivity contribution in [3.05, 3.63) is 35.5 Å². The second-order valence-corrected chi connectivity index (χ2v) is 5.23. The number of Topliss-reactive ketones (excluding diaryl/α,β-unsaturated/α-hetero) is 1. The third kappa shape index (κ3) is 1.98. The summed E-state index contributed by atoms with van der Waals surface area (Å²) < 4.78 is 5.51. The number of carbonyl (C=O) groups is 1. The summed E-state index contributed by atoms with van der Waals surface area (Å²) in [5.41, 5.74) is 3.17. The van der Waals surface area contributed by atoms with Gasteiger partial charge in [0.2, 0.25) is 0 Å². The van der Waals surface area contributed by atoms with Crippen LogP contribution in [-0.2, 0) is 11.2 Å². The molecule has 3 nitrogen and oxygen atoms in total. The third-order valence-corrected chi connectivity index (χ3v) is 4.16. The van der Waals surface area contributed by atoms with Crippen LogP contribution >= 0.6 is 0 Å². The molecule has 0 aliphatic carbocycles. The van der Waals surface area contributed by atoms with Crippen LogP contribution in [0.4, 0.5) is 0 Å². The summed E-state index contributed by atoms with van der Waals surface area (Å²) in [5, 5.41) is 1.04. The quantitative estimate of drug-likeness (QED) is 0.857. The van der Waals surface area contributed by atoms with Gasteiger partial charge in [-0.05, 0) is 25.3 Å². The minimum atomic E-state index is 0.00397. The summed E-state index contributed by atoms with van der Waals surface area (Å²) in [4.78, 5) is 15.9. The van der Waals surface area contributed by atoms with E-state index in [0.717, 1.165) is 29.3 Å². The normalized spacial score (nSPS) is 23.1. The summed E-state index contributed by atoms with van der Waals surface area (Å²) in [7, 11) is 0.